The van der Waals surface area contributed by atoms with Crippen LogP contribution in [0.25, 0.3) is 6.08 Å². The van der Waals surface area contributed by atoms with Gasteiger partial charge in [-0.05, 0) is 59.9 Å². The number of halogens is 1. The Bertz CT molecular complexity index is 1990. The van der Waals surface area contributed by atoms with E-state index >= 15 is 4.39 Å². The molecule has 2 amide bonds. The number of ether oxygens (including phenoxy) is 4. The summed E-state index contributed by atoms with van der Waals surface area (Å²) in [6, 6.07) is 26.0. The van der Waals surface area contributed by atoms with Gasteiger partial charge in [0.25, 0.3) is 5.91 Å². The van der Waals surface area contributed by atoms with Crippen molar-refractivity contribution in [1.29, 1.82) is 0 Å². The van der Waals surface area contributed by atoms with E-state index in [2.05, 4.69) is 5.32 Å². The molecule has 0 aliphatic carbocycles. The Hall–Kier alpha value is -5.89. The highest BCUT2D eigenvalue weighted by atomic mass is 32.2. The Morgan fingerprint density at radius 3 is 2.10 bits per heavy atom. The molecule has 266 valence electrons. The topological polar surface area (TPSA) is 150 Å². The molecule has 0 unspecified atom stereocenters. The van der Waals surface area contributed by atoms with Crippen LogP contribution in [0.3, 0.4) is 0 Å². The van der Waals surface area contributed by atoms with Crippen LogP contribution in [0.15, 0.2) is 97.1 Å². The summed E-state index contributed by atoms with van der Waals surface area (Å²) in [6.07, 6.45) is 3.68. The van der Waals surface area contributed by atoms with Crippen molar-refractivity contribution in [2.45, 2.75) is 26.1 Å². The van der Waals surface area contributed by atoms with Crippen LogP contribution < -0.4 is 28.6 Å². The molecule has 1 fully saturated rings. The zero-order valence-corrected chi connectivity index (χ0v) is 28.5. The first-order chi connectivity index (χ1) is 24.6. The van der Waals surface area contributed by atoms with Crippen LogP contribution in [-0.4, -0.2) is 53.0 Å². The first-order valence-electron chi connectivity index (χ1n) is 15.9. The molecule has 14 heteroatoms. The molecule has 1 aliphatic heterocycles. The maximum atomic E-state index is 15.4. The van der Waals surface area contributed by atoms with Gasteiger partial charge in [0, 0.05) is 12.6 Å². The number of rotatable bonds is 16. The highest BCUT2D eigenvalue weighted by Gasteiger charge is 2.37. The van der Waals surface area contributed by atoms with E-state index in [4.69, 9.17) is 18.9 Å². The second kappa shape index (κ2) is 17.2. The van der Waals surface area contributed by atoms with Crippen molar-refractivity contribution in [2.75, 3.05) is 31.1 Å². The van der Waals surface area contributed by atoms with Gasteiger partial charge in [-0.25, -0.2) is 18.2 Å². The van der Waals surface area contributed by atoms with Crippen molar-refractivity contribution in [3.8, 4) is 17.2 Å². The van der Waals surface area contributed by atoms with Gasteiger partial charge in [0.05, 0.1) is 13.7 Å². The first-order valence-corrected chi connectivity index (χ1v) is 17.4. The third-order valence-corrected chi connectivity index (χ3v) is 8.90. The molecule has 1 aliphatic rings. The molecule has 1 saturated heterocycles. The monoisotopic (exact) mass is 717 g/mol. The van der Waals surface area contributed by atoms with Crippen molar-refractivity contribution in [2.24, 2.45) is 0 Å². The predicted molar refractivity (Wildman–Crippen MR) is 187 cm³/mol. The molecular formula is C37H36FN3O9S. The summed E-state index contributed by atoms with van der Waals surface area (Å²) in [5.74, 6) is -2.27. The number of benzene rings is 4. The van der Waals surface area contributed by atoms with E-state index in [9.17, 15) is 22.8 Å². The molecule has 4 aromatic carbocycles. The van der Waals surface area contributed by atoms with Crippen molar-refractivity contribution in [3.05, 3.63) is 125 Å². The predicted octanol–water partition coefficient (Wildman–Crippen LogP) is 4.94. The molecular weight excluding hydrogens is 681 g/mol. The largest absolute Gasteiger partial charge is 0.493 e. The van der Waals surface area contributed by atoms with Gasteiger partial charge in [-0.2, -0.15) is 8.42 Å². The fourth-order valence-corrected chi connectivity index (χ4v) is 6.23. The minimum absolute atomic E-state index is 0.00260. The van der Waals surface area contributed by atoms with Gasteiger partial charge in [0.1, 0.15) is 48.3 Å². The summed E-state index contributed by atoms with van der Waals surface area (Å²) < 4.78 is 65.4. The van der Waals surface area contributed by atoms with E-state index in [0.717, 1.165) is 17.2 Å². The Balaban J connectivity index is 1.15. The van der Waals surface area contributed by atoms with E-state index in [-0.39, 0.29) is 36.7 Å². The summed E-state index contributed by atoms with van der Waals surface area (Å²) in [5, 5.41) is 2.75. The zero-order valence-electron chi connectivity index (χ0n) is 27.7. The van der Waals surface area contributed by atoms with Crippen molar-refractivity contribution >= 4 is 39.8 Å². The fraction of sp³-hybridized carbons (Fsp3) is 0.216. The summed E-state index contributed by atoms with van der Waals surface area (Å²) in [7, 11) is -3.03. The second-order valence-electron chi connectivity index (χ2n) is 11.2. The molecule has 0 aromatic heterocycles. The number of unbranched alkanes of at least 4 members (excludes halogenated alkanes) is 1. The lowest BCUT2D eigenvalue weighted by atomic mass is 10.1. The lowest BCUT2D eigenvalue weighted by Gasteiger charge is -2.20. The van der Waals surface area contributed by atoms with Gasteiger partial charge in [0.2, 0.25) is 5.91 Å². The number of amides is 2. The number of hydrogen-bond donors (Lipinski definition) is 2. The molecule has 0 saturated carbocycles. The molecule has 4 aromatic rings. The van der Waals surface area contributed by atoms with Gasteiger partial charge in [-0.1, -0.05) is 66.7 Å². The minimum Gasteiger partial charge on any atom is -0.493 e. The minimum atomic E-state index is -4.31. The average molecular weight is 718 g/mol. The van der Waals surface area contributed by atoms with Crippen LogP contribution in [-0.2, 0) is 37.7 Å². The second-order valence-corrected chi connectivity index (χ2v) is 12.8. The molecule has 5 rings (SSSR count). The lowest BCUT2D eigenvalue weighted by Crippen LogP contribution is -2.30. The number of carbonyl (C=O) groups excluding carboxylic acids is 3. The zero-order chi connectivity index (χ0) is 36.2. The Morgan fingerprint density at radius 1 is 0.863 bits per heavy atom. The molecule has 0 spiro atoms. The molecule has 51 heavy (non-hydrogen) atoms. The summed E-state index contributed by atoms with van der Waals surface area (Å²) in [4.78, 5) is 37.0. The highest BCUT2D eigenvalue weighted by Crippen LogP contribution is 2.36. The Kier molecular flexibility index (Phi) is 12.2. The van der Waals surface area contributed by atoms with Crippen LogP contribution >= 0.6 is 0 Å². The number of hydrogen-bond acceptors (Lipinski definition) is 9. The standard InChI is InChI=1S/C37H36FN3O9S/c1-47-37(44)35-30(15-10-16-31(35)49-24-26-11-4-2-5-12-26)48-20-9-8-19-39-33(42)18-17-28-21-29(38)36(41-23-34(43)40-51(41,45)46)32(22-28)50-25-27-13-6-3-7-14-27/h2-7,10-18,21-22H,8-9,19-20,23-25H2,1H3,(H,39,42)(H,40,43). The molecule has 0 bridgehead atoms. The molecule has 1 heterocycles. The normalized spacial score (nSPS) is 13.5. The van der Waals surface area contributed by atoms with Crippen LogP contribution in [0, 0.1) is 5.82 Å². The summed E-state index contributed by atoms with van der Waals surface area (Å²) in [5.41, 5.74) is 1.68. The third kappa shape index (κ3) is 9.85. The van der Waals surface area contributed by atoms with E-state index in [0.29, 0.717) is 35.2 Å². The number of methoxy groups -OCH3 is 1. The van der Waals surface area contributed by atoms with Crippen molar-refractivity contribution in [1.82, 2.24) is 10.0 Å². The third-order valence-electron chi connectivity index (χ3n) is 7.53. The number of nitrogens with one attached hydrogen (secondary N) is 2. The van der Waals surface area contributed by atoms with Gasteiger partial charge < -0.3 is 24.3 Å². The molecule has 2 N–H and O–H groups in total. The van der Waals surface area contributed by atoms with Crippen LogP contribution in [0.2, 0.25) is 0 Å². The van der Waals surface area contributed by atoms with Gasteiger partial charge >= 0.3 is 16.2 Å². The van der Waals surface area contributed by atoms with Crippen LogP contribution in [0.1, 0.15) is 39.9 Å². The van der Waals surface area contributed by atoms with E-state index < -0.39 is 46.0 Å². The van der Waals surface area contributed by atoms with E-state index in [1.165, 1.54) is 25.3 Å². The van der Waals surface area contributed by atoms with Gasteiger partial charge in [0.15, 0.2) is 5.82 Å². The van der Waals surface area contributed by atoms with E-state index in [1.54, 1.807) is 42.5 Å². The maximum Gasteiger partial charge on any atom is 0.345 e. The Morgan fingerprint density at radius 2 is 1.49 bits per heavy atom. The van der Waals surface area contributed by atoms with Gasteiger partial charge in [-0.3, -0.25) is 9.59 Å². The van der Waals surface area contributed by atoms with E-state index in [1.807, 2.05) is 41.1 Å². The van der Waals surface area contributed by atoms with Crippen LogP contribution in [0.5, 0.6) is 17.2 Å². The fourth-order valence-electron chi connectivity index (χ4n) is 5.06. The smallest absolute Gasteiger partial charge is 0.345 e. The number of nitrogens with zero attached hydrogens (tertiary/aromatic N) is 1. The highest BCUT2D eigenvalue weighted by molar-refractivity contribution is 7.92. The SMILES string of the molecule is COC(=O)c1c(OCCCCNC(=O)C=Cc2cc(F)c(N3CC(=O)NS3(=O)=O)c(OCc3ccccc3)c2)cccc1OCc1ccccc1. The van der Waals surface area contributed by atoms with Crippen molar-refractivity contribution < 1.29 is 46.1 Å². The lowest BCUT2D eigenvalue weighted by molar-refractivity contribution is -0.117. The number of carbonyl (C=O) groups is 3. The summed E-state index contributed by atoms with van der Waals surface area (Å²) in [6.45, 7) is 0.212. The first kappa shape index (κ1) is 36.4. The number of esters is 1. The molecule has 0 radical (unpaired) electrons. The number of anilines is 1. The average Bonchev–Trinajstić information content (AvgIpc) is 3.41. The summed E-state index contributed by atoms with van der Waals surface area (Å²) >= 11 is 0. The van der Waals surface area contributed by atoms with Gasteiger partial charge in [-0.15, -0.1) is 0 Å². The molecule has 12 nitrogen and oxygen atoms in total. The molecule has 0 atom stereocenters. The quantitative estimate of drug-likeness (QED) is 0.0934. The maximum absolute atomic E-state index is 15.4. The van der Waals surface area contributed by atoms with Crippen LogP contribution in [0.4, 0.5) is 10.1 Å². The Labute approximate surface area is 295 Å². The van der Waals surface area contributed by atoms with Crippen molar-refractivity contribution in [3.63, 3.8) is 0 Å².